The standard InChI is InChI=1S/C25H26N4O2/c1-4-29-21-8-6-5-7-19(21)20-15-18(9-10-22(20)29)27-25(31)23(16(2)3)28-24(30)17-11-13-26-14-12-17/h5-16,23H,4H2,1-3H3,(H,27,31)(H,28,30)/t23-/m0/s1. The van der Waals surface area contributed by atoms with E-state index in [-0.39, 0.29) is 17.7 Å². The number of para-hydroxylation sites is 1. The second kappa shape index (κ2) is 8.60. The summed E-state index contributed by atoms with van der Waals surface area (Å²) in [5.74, 6) is -0.606. The van der Waals surface area contributed by atoms with Crippen molar-refractivity contribution in [3.63, 3.8) is 0 Å². The molecular weight excluding hydrogens is 388 g/mol. The van der Waals surface area contributed by atoms with E-state index in [4.69, 9.17) is 0 Å². The van der Waals surface area contributed by atoms with Crippen molar-refractivity contribution in [3.8, 4) is 0 Å². The van der Waals surface area contributed by atoms with Crippen LogP contribution in [0, 0.1) is 5.92 Å². The fraction of sp³-hybridized carbons (Fsp3) is 0.240. The monoisotopic (exact) mass is 414 g/mol. The number of hydrogen-bond donors (Lipinski definition) is 2. The van der Waals surface area contributed by atoms with Crippen LogP contribution >= 0.6 is 0 Å². The van der Waals surface area contributed by atoms with E-state index in [9.17, 15) is 9.59 Å². The number of benzene rings is 2. The van der Waals surface area contributed by atoms with Gasteiger partial charge >= 0.3 is 0 Å². The first-order valence-corrected chi connectivity index (χ1v) is 10.5. The summed E-state index contributed by atoms with van der Waals surface area (Å²) in [6, 6.07) is 16.8. The van der Waals surface area contributed by atoms with Gasteiger partial charge < -0.3 is 15.2 Å². The number of hydrogen-bond acceptors (Lipinski definition) is 3. The number of aromatic nitrogens is 2. The molecule has 0 unspecified atom stereocenters. The largest absolute Gasteiger partial charge is 0.341 e. The SMILES string of the molecule is CCn1c2ccccc2c2cc(NC(=O)[C@@H](NC(=O)c3ccncc3)C(C)C)ccc21. The fourth-order valence-corrected chi connectivity index (χ4v) is 3.95. The van der Waals surface area contributed by atoms with Crippen LogP contribution in [0.3, 0.4) is 0 Å². The van der Waals surface area contributed by atoms with Crippen LogP contribution in [0.15, 0.2) is 67.0 Å². The molecule has 0 spiro atoms. The van der Waals surface area contributed by atoms with Crippen molar-refractivity contribution in [3.05, 3.63) is 72.6 Å². The average molecular weight is 415 g/mol. The lowest BCUT2D eigenvalue weighted by molar-refractivity contribution is -0.118. The summed E-state index contributed by atoms with van der Waals surface area (Å²) in [5, 5.41) is 8.09. The van der Waals surface area contributed by atoms with Gasteiger partial charge in [-0.2, -0.15) is 0 Å². The molecule has 6 heteroatoms. The van der Waals surface area contributed by atoms with E-state index in [0.29, 0.717) is 11.3 Å². The highest BCUT2D eigenvalue weighted by Gasteiger charge is 2.25. The first kappa shape index (κ1) is 20.6. The van der Waals surface area contributed by atoms with Gasteiger partial charge in [-0.3, -0.25) is 14.6 Å². The van der Waals surface area contributed by atoms with Crippen molar-refractivity contribution in [2.24, 2.45) is 5.92 Å². The second-order valence-electron chi connectivity index (χ2n) is 7.91. The quantitative estimate of drug-likeness (QED) is 0.484. The maximum absolute atomic E-state index is 13.0. The number of rotatable bonds is 6. The number of nitrogens with one attached hydrogen (secondary N) is 2. The van der Waals surface area contributed by atoms with Gasteiger partial charge in [-0.05, 0) is 49.2 Å². The lowest BCUT2D eigenvalue weighted by Gasteiger charge is -2.22. The fourth-order valence-electron chi connectivity index (χ4n) is 3.95. The van der Waals surface area contributed by atoms with Gasteiger partial charge in [-0.15, -0.1) is 0 Å². The highest BCUT2D eigenvalue weighted by molar-refractivity contribution is 6.10. The van der Waals surface area contributed by atoms with E-state index in [1.165, 1.54) is 5.52 Å². The molecule has 0 fully saturated rings. The minimum Gasteiger partial charge on any atom is -0.341 e. The predicted octanol–water partition coefficient (Wildman–Crippen LogP) is 4.60. The first-order valence-electron chi connectivity index (χ1n) is 10.5. The van der Waals surface area contributed by atoms with Crippen molar-refractivity contribution in [1.82, 2.24) is 14.9 Å². The average Bonchev–Trinajstić information content (AvgIpc) is 3.10. The molecule has 2 aromatic heterocycles. The van der Waals surface area contributed by atoms with Gasteiger partial charge in [0.05, 0.1) is 0 Å². The molecule has 0 saturated heterocycles. The molecule has 2 amide bonds. The Balaban J connectivity index is 1.60. The van der Waals surface area contributed by atoms with Gasteiger partial charge in [0.25, 0.3) is 5.91 Å². The van der Waals surface area contributed by atoms with Crippen molar-refractivity contribution in [2.45, 2.75) is 33.4 Å². The van der Waals surface area contributed by atoms with Crippen LogP contribution in [0.4, 0.5) is 5.69 Å². The molecule has 0 aliphatic rings. The Morgan fingerprint density at radius 3 is 2.39 bits per heavy atom. The minimum absolute atomic E-state index is 0.0727. The Morgan fingerprint density at radius 2 is 1.68 bits per heavy atom. The number of carbonyl (C=O) groups excluding carboxylic acids is 2. The number of aryl methyl sites for hydroxylation is 1. The van der Waals surface area contributed by atoms with Crippen molar-refractivity contribution < 1.29 is 9.59 Å². The number of amides is 2. The minimum atomic E-state index is -0.659. The second-order valence-corrected chi connectivity index (χ2v) is 7.91. The molecule has 4 rings (SSSR count). The van der Waals surface area contributed by atoms with E-state index >= 15 is 0 Å². The lowest BCUT2D eigenvalue weighted by Crippen LogP contribution is -2.47. The van der Waals surface area contributed by atoms with Gasteiger partial charge in [-0.25, -0.2) is 0 Å². The molecule has 158 valence electrons. The van der Waals surface area contributed by atoms with Crippen LogP contribution in [-0.2, 0) is 11.3 Å². The van der Waals surface area contributed by atoms with Crippen LogP contribution in [0.25, 0.3) is 21.8 Å². The molecule has 2 aromatic carbocycles. The summed E-state index contributed by atoms with van der Waals surface area (Å²) in [4.78, 5) is 29.5. The molecule has 4 aromatic rings. The maximum atomic E-state index is 13.0. The van der Waals surface area contributed by atoms with Crippen LogP contribution < -0.4 is 10.6 Å². The van der Waals surface area contributed by atoms with Gasteiger partial charge in [0, 0.05) is 52.0 Å². The van der Waals surface area contributed by atoms with E-state index in [1.807, 2.05) is 44.2 Å². The van der Waals surface area contributed by atoms with Gasteiger partial charge in [0.1, 0.15) is 6.04 Å². The molecule has 31 heavy (non-hydrogen) atoms. The van der Waals surface area contributed by atoms with Crippen LogP contribution in [0.5, 0.6) is 0 Å². The van der Waals surface area contributed by atoms with Crippen LogP contribution in [0.2, 0.25) is 0 Å². The molecule has 2 N–H and O–H groups in total. The summed E-state index contributed by atoms with van der Waals surface area (Å²) in [5.41, 5.74) is 3.49. The Hall–Kier alpha value is -3.67. The molecule has 0 aliphatic carbocycles. The van der Waals surface area contributed by atoms with Crippen molar-refractivity contribution >= 4 is 39.3 Å². The number of pyridine rings is 1. The molecular formula is C25H26N4O2. The summed E-state index contributed by atoms with van der Waals surface area (Å²) in [7, 11) is 0. The van der Waals surface area contributed by atoms with E-state index < -0.39 is 6.04 Å². The first-order chi connectivity index (χ1) is 15.0. The summed E-state index contributed by atoms with van der Waals surface area (Å²) in [6.45, 7) is 6.82. The third-order valence-electron chi connectivity index (χ3n) is 5.53. The Morgan fingerprint density at radius 1 is 0.968 bits per heavy atom. The molecule has 6 nitrogen and oxygen atoms in total. The van der Waals surface area contributed by atoms with Gasteiger partial charge in [0.2, 0.25) is 5.91 Å². The Kier molecular flexibility index (Phi) is 5.71. The van der Waals surface area contributed by atoms with Gasteiger partial charge in [0.15, 0.2) is 0 Å². The van der Waals surface area contributed by atoms with Crippen LogP contribution in [-0.4, -0.2) is 27.4 Å². The number of fused-ring (bicyclic) bond motifs is 3. The normalized spacial score (nSPS) is 12.3. The molecule has 1 atom stereocenters. The zero-order chi connectivity index (χ0) is 22.0. The molecule has 2 heterocycles. The van der Waals surface area contributed by atoms with E-state index in [2.05, 4.69) is 39.2 Å². The topological polar surface area (TPSA) is 76.0 Å². The van der Waals surface area contributed by atoms with Crippen LogP contribution in [0.1, 0.15) is 31.1 Å². The molecule has 0 radical (unpaired) electrons. The van der Waals surface area contributed by atoms with E-state index in [1.54, 1.807) is 24.5 Å². The van der Waals surface area contributed by atoms with Gasteiger partial charge in [-0.1, -0.05) is 32.0 Å². The Labute approximate surface area is 181 Å². The third kappa shape index (κ3) is 4.01. The zero-order valence-corrected chi connectivity index (χ0v) is 17.9. The number of nitrogens with zero attached hydrogens (tertiary/aromatic N) is 2. The molecule has 0 saturated carbocycles. The number of carbonyl (C=O) groups is 2. The highest BCUT2D eigenvalue weighted by atomic mass is 16.2. The maximum Gasteiger partial charge on any atom is 0.252 e. The summed E-state index contributed by atoms with van der Waals surface area (Å²) in [6.07, 6.45) is 3.11. The van der Waals surface area contributed by atoms with Crippen molar-refractivity contribution in [1.29, 1.82) is 0 Å². The third-order valence-corrected chi connectivity index (χ3v) is 5.53. The zero-order valence-electron chi connectivity index (χ0n) is 17.9. The lowest BCUT2D eigenvalue weighted by atomic mass is 10.0. The Bertz CT molecular complexity index is 1240. The van der Waals surface area contributed by atoms with Crippen molar-refractivity contribution in [2.75, 3.05) is 5.32 Å². The number of anilines is 1. The molecule has 0 bridgehead atoms. The smallest absolute Gasteiger partial charge is 0.252 e. The predicted molar refractivity (Wildman–Crippen MR) is 124 cm³/mol. The summed E-state index contributed by atoms with van der Waals surface area (Å²) >= 11 is 0. The summed E-state index contributed by atoms with van der Waals surface area (Å²) < 4.78 is 2.27. The molecule has 0 aliphatic heterocycles. The van der Waals surface area contributed by atoms with E-state index in [0.717, 1.165) is 22.8 Å². The highest BCUT2D eigenvalue weighted by Crippen LogP contribution is 2.31.